The Morgan fingerprint density at radius 1 is 1.22 bits per heavy atom. The number of methoxy groups -OCH3 is 1. The van der Waals surface area contributed by atoms with E-state index in [1.165, 1.54) is 10.9 Å². The maximum Gasteiger partial charge on any atom is 0.266 e. The first-order chi connectivity index (χ1) is 8.75. The largest absolute Gasteiger partial charge is 0.382 e. The van der Waals surface area contributed by atoms with Gasteiger partial charge in [-0.25, -0.2) is 4.98 Å². The maximum atomic E-state index is 11.6. The van der Waals surface area contributed by atoms with Gasteiger partial charge >= 0.3 is 0 Å². The molecular weight excluding hydrogens is 351 g/mol. The van der Waals surface area contributed by atoms with Gasteiger partial charge in [0.15, 0.2) is 0 Å². The molecule has 6 nitrogen and oxygen atoms in total. The van der Waals surface area contributed by atoms with Crippen LogP contribution in [-0.2, 0) is 20.8 Å². The first kappa shape index (κ1) is 15.5. The lowest BCUT2D eigenvalue weighted by atomic mass is 10.6. The van der Waals surface area contributed by atoms with Gasteiger partial charge in [-0.05, 0) is 22.6 Å². The molecule has 0 amide bonds. The minimum Gasteiger partial charge on any atom is -0.382 e. The second-order valence-electron chi connectivity index (χ2n) is 3.46. The minimum absolute atomic E-state index is 0.0365. The molecule has 0 N–H and O–H groups in total. The van der Waals surface area contributed by atoms with Gasteiger partial charge in [0.2, 0.25) is 0 Å². The Morgan fingerprint density at radius 3 is 2.61 bits per heavy atom. The Morgan fingerprint density at radius 2 is 1.89 bits per heavy atom. The summed E-state index contributed by atoms with van der Waals surface area (Å²) in [5, 5.41) is 0. The average molecular weight is 368 g/mol. The Bertz CT molecular complexity index is 397. The number of ether oxygens (including phenoxy) is 3. The molecule has 1 aromatic heterocycles. The quantitative estimate of drug-likeness (QED) is 0.470. The SMILES string of the molecule is COCCOCCOCCn1cncc(I)c1=O. The van der Waals surface area contributed by atoms with E-state index in [-0.39, 0.29) is 5.56 Å². The van der Waals surface area contributed by atoms with E-state index in [1.54, 1.807) is 13.3 Å². The van der Waals surface area contributed by atoms with E-state index in [0.29, 0.717) is 43.1 Å². The molecule has 0 fully saturated rings. The lowest BCUT2D eigenvalue weighted by molar-refractivity contribution is 0.0228. The third-order valence-electron chi connectivity index (χ3n) is 2.14. The second kappa shape index (κ2) is 9.42. The lowest BCUT2D eigenvalue weighted by Crippen LogP contribution is -2.24. The van der Waals surface area contributed by atoms with E-state index in [4.69, 9.17) is 14.2 Å². The minimum atomic E-state index is -0.0365. The van der Waals surface area contributed by atoms with Crippen molar-refractivity contribution in [3.8, 4) is 0 Å². The second-order valence-corrected chi connectivity index (χ2v) is 4.62. The van der Waals surface area contributed by atoms with Gasteiger partial charge in [-0.15, -0.1) is 0 Å². The molecule has 0 aliphatic carbocycles. The Hall–Kier alpha value is -0.510. The van der Waals surface area contributed by atoms with E-state index in [1.807, 2.05) is 22.6 Å². The summed E-state index contributed by atoms with van der Waals surface area (Å²) >= 11 is 1.97. The summed E-state index contributed by atoms with van der Waals surface area (Å²) < 4.78 is 17.6. The summed E-state index contributed by atoms with van der Waals surface area (Å²) in [6.07, 6.45) is 3.06. The molecule has 0 spiro atoms. The van der Waals surface area contributed by atoms with Crippen LogP contribution >= 0.6 is 22.6 Å². The van der Waals surface area contributed by atoms with E-state index < -0.39 is 0 Å². The molecule has 0 bridgehead atoms. The summed E-state index contributed by atoms with van der Waals surface area (Å²) in [4.78, 5) is 15.6. The van der Waals surface area contributed by atoms with Crippen molar-refractivity contribution in [2.24, 2.45) is 0 Å². The molecule has 1 heterocycles. The Labute approximate surface area is 119 Å². The highest BCUT2D eigenvalue weighted by atomic mass is 127. The fraction of sp³-hybridized carbons (Fsp3) is 0.636. The first-order valence-electron chi connectivity index (χ1n) is 5.60. The smallest absolute Gasteiger partial charge is 0.266 e. The van der Waals surface area contributed by atoms with Gasteiger partial charge in [-0.1, -0.05) is 0 Å². The van der Waals surface area contributed by atoms with Crippen LogP contribution in [0.15, 0.2) is 17.3 Å². The van der Waals surface area contributed by atoms with Crippen LogP contribution in [-0.4, -0.2) is 49.7 Å². The van der Waals surface area contributed by atoms with Gasteiger partial charge in [0.1, 0.15) is 0 Å². The van der Waals surface area contributed by atoms with Crippen LogP contribution in [0.2, 0.25) is 0 Å². The zero-order valence-electron chi connectivity index (χ0n) is 10.3. The topological polar surface area (TPSA) is 62.6 Å². The maximum absolute atomic E-state index is 11.6. The molecule has 102 valence electrons. The molecular formula is C11H17IN2O4. The van der Waals surface area contributed by atoms with Crippen molar-refractivity contribution in [2.75, 3.05) is 40.1 Å². The first-order valence-corrected chi connectivity index (χ1v) is 6.68. The van der Waals surface area contributed by atoms with Crippen LogP contribution in [0.25, 0.3) is 0 Å². The lowest BCUT2D eigenvalue weighted by Gasteiger charge is -2.07. The van der Waals surface area contributed by atoms with Crippen molar-refractivity contribution in [3.05, 3.63) is 26.4 Å². The number of rotatable bonds is 9. The molecule has 7 heteroatoms. The molecule has 18 heavy (non-hydrogen) atoms. The van der Waals surface area contributed by atoms with Gasteiger partial charge in [0, 0.05) is 13.3 Å². The third kappa shape index (κ3) is 5.89. The summed E-state index contributed by atoms with van der Waals surface area (Å²) in [7, 11) is 1.63. The number of hydrogen-bond acceptors (Lipinski definition) is 5. The third-order valence-corrected chi connectivity index (χ3v) is 2.88. The van der Waals surface area contributed by atoms with Crippen LogP contribution in [0.4, 0.5) is 0 Å². The van der Waals surface area contributed by atoms with E-state index >= 15 is 0 Å². The van der Waals surface area contributed by atoms with Crippen LogP contribution in [0, 0.1) is 3.57 Å². The number of hydrogen-bond donors (Lipinski definition) is 0. The molecule has 0 unspecified atom stereocenters. The Kier molecular flexibility index (Phi) is 8.14. The summed E-state index contributed by atoms with van der Waals surface area (Å²) in [6.45, 7) is 3.17. The van der Waals surface area contributed by atoms with E-state index in [9.17, 15) is 4.79 Å². The van der Waals surface area contributed by atoms with E-state index in [2.05, 4.69) is 4.98 Å². The predicted octanol–water partition coefficient (Wildman–Crippen LogP) is 0.527. The van der Waals surface area contributed by atoms with Gasteiger partial charge in [0.05, 0.1) is 49.5 Å². The zero-order chi connectivity index (χ0) is 13.2. The summed E-state index contributed by atoms with van der Waals surface area (Å²) in [5.74, 6) is 0. The molecule has 0 radical (unpaired) electrons. The van der Waals surface area contributed by atoms with Crippen LogP contribution in [0.3, 0.4) is 0 Å². The molecule has 0 aliphatic rings. The molecule has 1 rings (SSSR count). The van der Waals surface area contributed by atoms with Gasteiger partial charge in [-0.3, -0.25) is 9.36 Å². The van der Waals surface area contributed by atoms with Crippen molar-refractivity contribution in [1.82, 2.24) is 9.55 Å². The van der Waals surface area contributed by atoms with Gasteiger partial charge in [-0.2, -0.15) is 0 Å². The van der Waals surface area contributed by atoms with Crippen molar-refractivity contribution in [2.45, 2.75) is 6.54 Å². The predicted molar refractivity (Wildman–Crippen MR) is 74.7 cm³/mol. The normalized spacial score (nSPS) is 10.8. The molecule has 0 aliphatic heterocycles. The zero-order valence-corrected chi connectivity index (χ0v) is 12.5. The number of nitrogens with zero attached hydrogens (tertiary/aromatic N) is 2. The molecule has 0 saturated heterocycles. The van der Waals surface area contributed by atoms with Crippen LogP contribution < -0.4 is 5.56 Å². The fourth-order valence-corrected chi connectivity index (χ4v) is 1.68. The van der Waals surface area contributed by atoms with Gasteiger partial charge in [0.25, 0.3) is 5.56 Å². The van der Waals surface area contributed by atoms with Crippen LogP contribution in [0.5, 0.6) is 0 Å². The molecule has 0 aromatic carbocycles. The highest BCUT2D eigenvalue weighted by molar-refractivity contribution is 14.1. The summed E-state index contributed by atoms with van der Waals surface area (Å²) in [6, 6.07) is 0. The number of halogens is 1. The number of aromatic nitrogens is 2. The average Bonchev–Trinajstić information content (AvgIpc) is 2.37. The van der Waals surface area contributed by atoms with E-state index in [0.717, 1.165) is 0 Å². The molecule has 0 saturated carbocycles. The standard InChI is InChI=1S/C11H17IN2O4/c1-16-4-5-18-7-6-17-3-2-14-9-13-8-10(12)11(14)15/h8-9H,2-7H2,1H3. The monoisotopic (exact) mass is 368 g/mol. The van der Waals surface area contributed by atoms with Crippen molar-refractivity contribution >= 4 is 22.6 Å². The molecule has 1 aromatic rings. The Balaban J connectivity index is 2.11. The summed E-state index contributed by atoms with van der Waals surface area (Å²) in [5.41, 5.74) is -0.0365. The highest BCUT2D eigenvalue weighted by Crippen LogP contribution is 1.93. The molecule has 0 atom stereocenters. The fourth-order valence-electron chi connectivity index (χ4n) is 1.21. The van der Waals surface area contributed by atoms with Crippen molar-refractivity contribution in [3.63, 3.8) is 0 Å². The van der Waals surface area contributed by atoms with Crippen molar-refractivity contribution < 1.29 is 14.2 Å². The van der Waals surface area contributed by atoms with Gasteiger partial charge < -0.3 is 14.2 Å². The highest BCUT2D eigenvalue weighted by Gasteiger charge is 2.00. The van der Waals surface area contributed by atoms with Crippen molar-refractivity contribution in [1.29, 1.82) is 0 Å². The van der Waals surface area contributed by atoms with Crippen LogP contribution in [0.1, 0.15) is 0 Å².